The number of primary amides is 1. The predicted molar refractivity (Wildman–Crippen MR) is 297 cm³/mol. The van der Waals surface area contributed by atoms with E-state index in [1.54, 1.807) is 88.4 Å². The number of amides is 9. The number of aliphatic hydroxyl groups excluding tert-OH is 1. The first kappa shape index (κ1) is 67.7. The van der Waals surface area contributed by atoms with E-state index in [0.717, 1.165) is 0 Å². The van der Waals surface area contributed by atoms with Crippen LogP contribution in [0.5, 0.6) is 0 Å². The maximum absolute atomic E-state index is 14.3. The molecule has 0 aromatic heterocycles. The number of aliphatic imine (C=N–C) groups is 2. The summed E-state index contributed by atoms with van der Waals surface area (Å²) < 4.78 is 0. The molecule has 0 bridgehead atoms. The van der Waals surface area contributed by atoms with Crippen molar-refractivity contribution in [2.75, 3.05) is 19.7 Å². The highest BCUT2D eigenvalue weighted by Gasteiger charge is 2.36. The molecular weight excluding hydrogens is 1040 g/mol. The van der Waals surface area contributed by atoms with Gasteiger partial charge in [-0.05, 0) is 62.0 Å². The Morgan fingerprint density at radius 2 is 0.900 bits per heavy atom. The van der Waals surface area contributed by atoms with Gasteiger partial charge in [0, 0.05) is 32.4 Å². The minimum Gasteiger partial charge on any atom is -0.480 e. The summed E-state index contributed by atoms with van der Waals surface area (Å²) in [6, 6.07) is 4.81. The molecule has 10 atom stereocenters. The number of nitrogens with zero attached hydrogens (tertiary/aromatic N) is 2. The molecule has 0 saturated heterocycles. The zero-order valence-corrected chi connectivity index (χ0v) is 45.9. The van der Waals surface area contributed by atoms with Crippen molar-refractivity contribution < 1.29 is 58.2 Å². The van der Waals surface area contributed by atoms with Crippen molar-refractivity contribution in [3.63, 3.8) is 0 Å². The fourth-order valence-electron chi connectivity index (χ4n) is 7.79. The summed E-state index contributed by atoms with van der Waals surface area (Å²) in [5.41, 5.74) is 34.4. The average Bonchev–Trinajstić information content (AvgIpc) is 3.41. The molecule has 0 saturated carbocycles. The highest BCUT2D eigenvalue weighted by molar-refractivity contribution is 5.98. The van der Waals surface area contributed by atoms with Crippen molar-refractivity contribution in [1.82, 2.24) is 42.5 Å². The zero-order chi connectivity index (χ0) is 60.1. The summed E-state index contributed by atoms with van der Waals surface area (Å²) in [6.45, 7) is 7.25. The first-order valence-electron chi connectivity index (χ1n) is 26.3. The second kappa shape index (κ2) is 35.2. The Kier molecular flexibility index (Phi) is 29.8. The molecular formula is C52H82N16O12. The van der Waals surface area contributed by atoms with Crippen molar-refractivity contribution in [3.05, 3.63) is 71.8 Å². The van der Waals surface area contributed by atoms with E-state index in [0.29, 0.717) is 17.5 Å². The molecule has 0 aliphatic carbocycles. The minimum absolute atomic E-state index is 0.0171. The van der Waals surface area contributed by atoms with E-state index in [-0.39, 0.29) is 70.0 Å². The Labute approximate surface area is 465 Å². The summed E-state index contributed by atoms with van der Waals surface area (Å²) in [6.07, 6.45) is -0.464. The molecule has 0 spiro atoms. The fraction of sp³-hybridized carbons (Fsp3) is 0.538. The van der Waals surface area contributed by atoms with Crippen LogP contribution < -0.4 is 76.9 Å². The van der Waals surface area contributed by atoms with Crippen LogP contribution in [0, 0.1) is 11.8 Å². The molecule has 2 rings (SSSR count). The first-order chi connectivity index (χ1) is 37.8. The van der Waals surface area contributed by atoms with E-state index in [4.69, 9.17) is 34.4 Å². The Balaban J connectivity index is 2.41. The van der Waals surface area contributed by atoms with Gasteiger partial charge in [-0.2, -0.15) is 0 Å². The average molecular weight is 1120 g/mol. The summed E-state index contributed by atoms with van der Waals surface area (Å²) in [5.74, 6) is -10.8. The number of rotatable bonds is 36. The van der Waals surface area contributed by atoms with Crippen LogP contribution in [0.1, 0.15) is 90.7 Å². The van der Waals surface area contributed by atoms with E-state index in [2.05, 4.69) is 52.5 Å². The molecule has 0 fully saturated rings. The van der Waals surface area contributed by atoms with E-state index in [9.17, 15) is 58.2 Å². The van der Waals surface area contributed by atoms with Gasteiger partial charge in [0.25, 0.3) is 0 Å². The lowest BCUT2D eigenvalue weighted by Gasteiger charge is -2.30. The minimum atomic E-state index is -1.55. The SMILES string of the molecule is CC[C@H](C)[C@H](NC(=O)[C@H](CCCN=C(N)N)NC(=O)[C@H](C)NC(=O)[C@H](Cc1ccccc1)NC(=O)[C@@H](N)CO)C(=O)N[C@@H](CCC(N)=O)C(=O)N[C@H](C(=O)N[C@@H](CCCN=C(N)N)C(=O)N[C@@H](Cc1ccccc1)C(=O)O)C(C)C. The van der Waals surface area contributed by atoms with Gasteiger partial charge in [-0.3, -0.25) is 53.1 Å². The monoisotopic (exact) mass is 1120 g/mol. The normalized spacial score (nSPS) is 14.7. The Morgan fingerprint density at radius 1 is 0.500 bits per heavy atom. The lowest BCUT2D eigenvalue weighted by atomic mass is 9.96. The van der Waals surface area contributed by atoms with Crippen molar-refractivity contribution in [3.8, 4) is 0 Å². The molecule has 28 nitrogen and oxygen atoms in total. The van der Waals surface area contributed by atoms with E-state index >= 15 is 0 Å². The Bertz CT molecular complexity index is 2440. The smallest absolute Gasteiger partial charge is 0.326 e. The predicted octanol–water partition coefficient (Wildman–Crippen LogP) is -4.15. The van der Waals surface area contributed by atoms with Crippen LogP contribution in [0.2, 0.25) is 0 Å². The lowest BCUT2D eigenvalue weighted by Crippen LogP contribution is -2.61. The van der Waals surface area contributed by atoms with Crippen molar-refractivity contribution in [2.24, 2.45) is 56.2 Å². The van der Waals surface area contributed by atoms with E-state index in [1.165, 1.54) is 6.92 Å². The number of carboxylic acid groups (broad SMARTS) is 1. The van der Waals surface area contributed by atoms with Crippen molar-refractivity contribution >= 4 is 71.1 Å². The van der Waals surface area contributed by atoms with Crippen LogP contribution in [0.15, 0.2) is 70.6 Å². The third-order valence-corrected chi connectivity index (χ3v) is 12.6. The molecule has 442 valence electrons. The van der Waals surface area contributed by atoms with Gasteiger partial charge in [-0.15, -0.1) is 0 Å². The third-order valence-electron chi connectivity index (χ3n) is 12.6. The fourth-order valence-corrected chi connectivity index (χ4v) is 7.79. The van der Waals surface area contributed by atoms with Gasteiger partial charge in [0.05, 0.1) is 6.61 Å². The lowest BCUT2D eigenvalue weighted by molar-refractivity contribution is -0.142. The van der Waals surface area contributed by atoms with Crippen LogP contribution in [0.3, 0.4) is 0 Å². The molecule has 22 N–H and O–H groups in total. The van der Waals surface area contributed by atoms with Gasteiger partial charge in [-0.25, -0.2) is 4.79 Å². The van der Waals surface area contributed by atoms with Gasteiger partial charge in [0.15, 0.2) is 11.9 Å². The second-order valence-electron chi connectivity index (χ2n) is 19.5. The third kappa shape index (κ3) is 24.9. The maximum atomic E-state index is 14.3. The molecule has 0 aliphatic rings. The molecule has 80 heavy (non-hydrogen) atoms. The summed E-state index contributed by atoms with van der Waals surface area (Å²) in [5, 5.41) is 40.0. The molecule has 0 aliphatic heterocycles. The number of benzene rings is 2. The number of nitrogens with one attached hydrogen (secondary N) is 8. The number of hydrogen-bond acceptors (Lipinski definition) is 14. The topological polar surface area (TPSA) is 488 Å². The molecule has 2 aromatic rings. The zero-order valence-electron chi connectivity index (χ0n) is 45.9. The van der Waals surface area contributed by atoms with Gasteiger partial charge in [0.2, 0.25) is 53.2 Å². The van der Waals surface area contributed by atoms with Crippen molar-refractivity contribution in [1.29, 1.82) is 0 Å². The molecule has 28 heteroatoms. The summed E-state index contributed by atoms with van der Waals surface area (Å²) in [7, 11) is 0. The molecule has 0 unspecified atom stereocenters. The van der Waals surface area contributed by atoms with Crippen LogP contribution in [-0.4, -0.2) is 155 Å². The first-order valence-corrected chi connectivity index (χ1v) is 26.3. The van der Waals surface area contributed by atoms with Crippen LogP contribution in [-0.2, 0) is 60.8 Å². The van der Waals surface area contributed by atoms with E-state index in [1.807, 2.05) is 0 Å². The van der Waals surface area contributed by atoms with Crippen LogP contribution in [0.4, 0.5) is 0 Å². The maximum Gasteiger partial charge on any atom is 0.326 e. The second-order valence-corrected chi connectivity index (χ2v) is 19.5. The van der Waals surface area contributed by atoms with Crippen molar-refractivity contribution in [2.45, 2.75) is 147 Å². The number of nitrogens with two attached hydrogens (primary N) is 6. The Morgan fingerprint density at radius 3 is 1.34 bits per heavy atom. The number of hydrogen-bond donors (Lipinski definition) is 16. The van der Waals surface area contributed by atoms with Gasteiger partial charge < -0.3 is 87.1 Å². The summed E-state index contributed by atoms with van der Waals surface area (Å²) in [4.78, 5) is 143. The number of guanidine groups is 2. The van der Waals surface area contributed by atoms with Crippen LogP contribution in [0.25, 0.3) is 0 Å². The van der Waals surface area contributed by atoms with Crippen LogP contribution >= 0.6 is 0 Å². The number of aliphatic carboxylic acids is 1. The highest BCUT2D eigenvalue weighted by Crippen LogP contribution is 2.14. The number of carboxylic acids is 1. The number of aliphatic hydroxyl groups is 1. The molecule has 2 aromatic carbocycles. The van der Waals surface area contributed by atoms with Gasteiger partial charge >= 0.3 is 5.97 Å². The van der Waals surface area contributed by atoms with E-state index < -0.39 is 138 Å². The quantitative estimate of drug-likeness (QED) is 0.0175. The summed E-state index contributed by atoms with van der Waals surface area (Å²) >= 11 is 0. The molecule has 9 amide bonds. The number of carbonyl (C=O) groups is 10. The molecule has 0 heterocycles. The Hall–Kier alpha value is -8.40. The highest BCUT2D eigenvalue weighted by atomic mass is 16.4. The largest absolute Gasteiger partial charge is 0.480 e. The van der Waals surface area contributed by atoms with Gasteiger partial charge in [0.1, 0.15) is 54.4 Å². The van der Waals surface area contributed by atoms with Gasteiger partial charge in [-0.1, -0.05) is 94.8 Å². The number of carbonyl (C=O) groups excluding carboxylic acids is 9. The molecule has 0 radical (unpaired) electrons. The standard InChI is InChI=1S/C52H82N16O12/c1-6-29(4)41(68-45(74)35(20-14-24-60-52(57)58)62-42(71)30(5)61-47(76)37(65-43(72)33(53)27-69)25-31-15-9-7-10-16-31)49(78)64-36(21-22-39(54)70)46(75)67-40(28(2)3)48(77)63-34(19-13-23-59-51(55)56)44(73)66-38(50(79)80)26-32-17-11-8-12-18-32/h7-12,15-18,28-30,33-38,40-41,69H,6,13-14,19-27,53H2,1-5H3,(H2,54,70)(H,61,76)(H,62,71)(H,63,77)(H,64,78)(H,65,72)(H,66,73)(H,67,75)(H,68,74)(H,79,80)(H4,55,56,59)(H4,57,58,60)/t29-,30-,33-,34-,35-,36-,37-,38-,40-,41-/m0/s1.